The number of nitrogens with one attached hydrogen (secondary N) is 1. The van der Waals surface area contributed by atoms with Gasteiger partial charge >= 0.3 is 0 Å². The van der Waals surface area contributed by atoms with E-state index in [2.05, 4.69) is 10.5 Å². The van der Waals surface area contributed by atoms with Crippen LogP contribution in [0.3, 0.4) is 0 Å². The van der Waals surface area contributed by atoms with Crippen LogP contribution >= 0.6 is 0 Å². The van der Waals surface area contributed by atoms with Crippen LogP contribution in [0.15, 0.2) is 70.2 Å². The Labute approximate surface area is 154 Å². The van der Waals surface area contributed by atoms with Gasteiger partial charge in [-0.2, -0.15) is 5.10 Å². The van der Waals surface area contributed by atoms with E-state index in [0.717, 1.165) is 0 Å². The van der Waals surface area contributed by atoms with Crippen LogP contribution in [0.5, 0.6) is 5.75 Å². The normalized spacial score (nSPS) is 10.7. The number of nitrogens with zero attached hydrogens (tertiary/aromatic N) is 2. The molecule has 3 aromatic rings. The predicted octanol–water partition coefficient (Wildman–Crippen LogP) is 3.63. The van der Waals surface area contributed by atoms with Crippen LogP contribution < -0.4 is 10.2 Å². The van der Waals surface area contributed by atoms with Crippen molar-refractivity contribution in [1.29, 1.82) is 0 Å². The maximum absolute atomic E-state index is 11.9. The SMILES string of the molecule is COc1ccc([N+](=O)[O-])cc1-c1ccc(C=NNC(=O)c2ccccc2)o1. The Hall–Kier alpha value is -3.94. The third-order valence-corrected chi connectivity index (χ3v) is 3.68. The molecular formula is C19H15N3O5. The molecule has 1 heterocycles. The number of ether oxygens (including phenoxy) is 1. The number of non-ortho nitro benzene ring substituents is 1. The highest BCUT2D eigenvalue weighted by Gasteiger charge is 2.15. The maximum atomic E-state index is 11.9. The second kappa shape index (κ2) is 7.96. The molecular weight excluding hydrogens is 350 g/mol. The minimum Gasteiger partial charge on any atom is -0.496 e. The number of hydrogen-bond donors (Lipinski definition) is 1. The molecule has 8 nitrogen and oxygen atoms in total. The number of nitro benzene ring substituents is 1. The largest absolute Gasteiger partial charge is 0.496 e. The molecule has 27 heavy (non-hydrogen) atoms. The van der Waals surface area contributed by atoms with Gasteiger partial charge in [0.2, 0.25) is 0 Å². The number of carbonyl (C=O) groups excluding carboxylic acids is 1. The molecule has 0 spiro atoms. The number of carbonyl (C=O) groups is 1. The minimum absolute atomic E-state index is 0.0764. The van der Waals surface area contributed by atoms with Gasteiger partial charge < -0.3 is 9.15 Å². The average Bonchev–Trinajstić information content (AvgIpc) is 3.16. The van der Waals surface area contributed by atoms with Gasteiger partial charge in [-0.25, -0.2) is 5.43 Å². The molecule has 2 aromatic carbocycles. The number of benzene rings is 2. The van der Waals surface area contributed by atoms with Crippen molar-refractivity contribution in [3.05, 3.63) is 82.1 Å². The first-order valence-corrected chi connectivity index (χ1v) is 7.89. The van der Waals surface area contributed by atoms with E-state index in [-0.39, 0.29) is 11.6 Å². The van der Waals surface area contributed by atoms with Crippen LogP contribution in [0.2, 0.25) is 0 Å². The lowest BCUT2D eigenvalue weighted by Gasteiger charge is -2.05. The van der Waals surface area contributed by atoms with Crippen molar-refractivity contribution in [3.63, 3.8) is 0 Å². The summed E-state index contributed by atoms with van der Waals surface area (Å²) in [5.74, 6) is 0.841. The van der Waals surface area contributed by atoms with Crippen molar-refractivity contribution in [1.82, 2.24) is 5.43 Å². The molecule has 0 fully saturated rings. The summed E-state index contributed by atoms with van der Waals surface area (Å²) in [6, 6.07) is 16.2. The van der Waals surface area contributed by atoms with E-state index in [1.807, 2.05) is 6.07 Å². The Kier molecular flexibility index (Phi) is 5.27. The van der Waals surface area contributed by atoms with Crippen molar-refractivity contribution in [2.75, 3.05) is 7.11 Å². The van der Waals surface area contributed by atoms with Gasteiger partial charge in [0.15, 0.2) is 0 Å². The predicted molar refractivity (Wildman–Crippen MR) is 98.9 cm³/mol. The Morgan fingerprint density at radius 3 is 2.67 bits per heavy atom. The molecule has 0 aliphatic rings. The summed E-state index contributed by atoms with van der Waals surface area (Å²) in [4.78, 5) is 22.4. The van der Waals surface area contributed by atoms with E-state index >= 15 is 0 Å². The van der Waals surface area contributed by atoms with Crippen LogP contribution in [-0.2, 0) is 0 Å². The molecule has 0 saturated carbocycles. The van der Waals surface area contributed by atoms with E-state index in [4.69, 9.17) is 9.15 Å². The fourth-order valence-corrected chi connectivity index (χ4v) is 2.38. The van der Waals surface area contributed by atoms with Crippen LogP contribution in [0, 0.1) is 10.1 Å². The number of furan rings is 1. The van der Waals surface area contributed by atoms with Gasteiger partial charge in [0, 0.05) is 17.7 Å². The Balaban J connectivity index is 1.76. The molecule has 0 saturated heterocycles. The van der Waals surface area contributed by atoms with Crippen molar-refractivity contribution < 1.29 is 18.9 Å². The van der Waals surface area contributed by atoms with Crippen LogP contribution in [0.1, 0.15) is 16.1 Å². The van der Waals surface area contributed by atoms with E-state index in [0.29, 0.717) is 28.4 Å². The molecule has 0 radical (unpaired) electrons. The molecule has 0 unspecified atom stereocenters. The van der Waals surface area contributed by atoms with Crippen LogP contribution in [0.4, 0.5) is 5.69 Å². The summed E-state index contributed by atoms with van der Waals surface area (Å²) in [6.45, 7) is 0. The Morgan fingerprint density at radius 1 is 1.19 bits per heavy atom. The summed E-state index contributed by atoms with van der Waals surface area (Å²) in [7, 11) is 1.47. The summed E-state index contributed by atoms with van der Waals surface area (Å²) < 4.78 is 10.9. The molecule has 1 N–H and O–H groups in total. The van der Waals surface area contributed by atoms with E-state index in [1.54, 1.807) is 36.4 Å². The van der Waals surface area contributed by atoms with E-state index in [9.17, 15) is 14.9 Å². The zero-order valence-corrected chi connectivity index (χ0v) is 14.3. The Bertz CT molecular complexity index is 996. The first kappa shape index (κ1) is 17.9. The molecule has 3 rings (SSSR count). The second-order valence-corrected chi connectivity index (χ2v) is 5.41. The fourth-order valence-electron chi connectivity index (χ4n) is 2.38. The lowest BCUT2D eigenvalue weighted by Crippen LogP contribution is -2.17. The lowest BCUT2D eigenvalue weighted by molar-refractivity contribution is -0.384. The van der Waals surface area contributed by atoms with Crippen molar-refractivity contribution in [2.45, 2.75) is 0 Å². The average molecular weight is 365 g/mol. The first-order valence-electron chi connectivity index (χ1n) is 7.89. The number of nitro groups is 1. The summed E-state index contributed by atoms with van der Waals surface area (Å²) in [6.07, 6.45) is 1.34. The van der Waals surface area contributed by atoms with E-state index in [1.165, 1.54) is 31.5 Å². The number of amides is 1. The summed E-state index contributed by atoms with van der Waals surface area (Å²) in [5, 5.41) is 14.8. The molecule has 1 aromatic heterocycles. The number of rotatable bonds is 6. The van der Waals surface area contributed by atoms with Crippen molar-refractivity contribution >= 4 is 17.8 Å². The molecule has 0 bridgehead atoms. The van der Waals surface area contributed by atoms with Gasteiger partial charge in [-0.3, -0.25) is 14.9 Å². The van der Waals surface area contributed by atoms with Crippen molar-refractivity contribution in [2.24, 2.45) is 5.10 Å². The standard InChI is InChI=1S/C19H15N3O5/c1-26-17-9-7-14(22(24)25)11-16(17)18-10-8-15(27-18)12-20-21-19(23)13-5-3-2-4-6-13/h2-12H,1H3,(H,21,23). The lowest BCUT2D eigenvalue weighted by atomic mass is 10.1. The summed E-state index contributed by atoms with van der Waals surface area (Å²) >= 11 is 0. The minimum atomic E-state index is -0.493. The van der Waals surface area contributed by atoms with Gasteiger partial charge in [0.05, 0.1) is 23.8 Å². The third kappa shape index (κ3) is 4.18. The molecule has 8 heteroatoms. The molecule has 0 aliphatic heterocycles. The smallest absolute Gasteiger partial charge is 0.271 e. The fraction of sp³-hybridized carbons (Fsp3) is 0.0526. The van der Waals surface area contributed by atoms with Crippen LogP contribution in [-0.4, -0.2) is 24.2 Å². The highest BCUT2D eigenvalue weighted by molar-refractivity contribution is 5.94. The van der Waals surface area contributed by atoms with Gasteiger partial charge in [-0.1, -0.05) is 18.2 Å². The quantitative estimate of drug-likeness (QED) is 0.408. The zero-order valence-electron chi connectivity index (χ0n) is 14.3. The molecule has 0 atom stereocenters. The number of hydrogen-bond acceptors (Lipinski definition) is 6. The summed E-state index contributed by atoms with van der Waals surface area (Å²) in [5.41, 5.74) is 3.25. The molecule has 0 aliphatic carbocycles. The van der Waals surface area contributed by atoms with Crippen LogP contribution in [0.25, 0.3) is 11.3 Å². The number of methoxy groups -OCH3 is 1. The monoisotopic (exact) mass is 365 g/mol. The topological polar surface area (TPSA) is 107 Å². The highest BCUT2D eigenvalue weighted by Crippen LogP contribution is 2.34. The van der Waals surface area contributed by atoms with Gasteiger partial charge in [-0.05, 0) is 30.3 Å². The maximum Gasteiger partial charge on any atom is 0.271 e. The zero-order chi connectivity index (χ0) is 19.2. The van der Waals surface area contributed by atoms with Gasteiger partial charge in [0.25, 0.3) is 11.6 Å². The first-order chi connectivity index (χ1) is 13.1. The van der Waals surface area contributed by atoms with Gasteiger partial charge in [-0.15, -0.1) is 0 Å². The second-order valence-electron chi connectivity index (χ2n) is 5.41. The van der Waals surface area contributed by atoms with Gasteiger partial charge in [0.1, 0.15) is 17.3 Å². The third-order valence-electron chi connectivity index (χ3n) is 3.68. The number of hydrazone groups is 1. The molecule has 1 amide bonds. The van der Waals surface area contributed by atoms with Crippen molar-refractivity contribution in [3.8, 4) is 17.1 Å². The van der Waals surface area contributed by atoms with E-state index < -0.39 is 4.92 Å². The Morgan fingerprint density at radius 2 is 1.96 bits per heavy atom. The highest BCUT2D eigenvalue weighted by atomic mass is 16.6. The molecule has 136 valence electrons.